The van der Waals surface area contributed by atoms with Crippen LogP contribution in [-0.2, 0) is 9.59 Å². The normalized spacial score (nSPS) is 14.7. The van der Waals surface area contributed by atoms with Crippen LogP contribution in [0.15, 0.2) is 35.7 Å². The Morgan fingerprint density at radius 1 is 1.30 bits per heavy atom. The van der Waals surface area contributed by atoms with E-state index < -0.39 is 4.92 Å². The van der Waals surface area contributed by atoms with Gasteiger partial charge in [0, 0.05) is 41.6 Å². The molecule has 2 aromatic rings. The zero-order chi connectivity index (χ0) is 19.4. The third-order valence-corrected chi connectivity index (χ3v) is 5.46. The van der Waals surface area contributed by atoms with Gasteiger partial charge in [0.1, 0.15) is 5.75 Å². The van der Waals surface area contributed by atoms with Gasteiger partial charge in [0.05, 0.1) is 4.92 Å². The maximum absolute atomic E-state index is 12.4. The van der Waals surface area contributed by atoms with Crippen molar-refractivity contribution in [2.45, 2.75) is 12.8 Å². The molecule has 1 aromatic carbocycles. The number of likely N-dealkylation sites (tertiary alicyclic amines) is 1. The summed E-state index contributed by atoms with van der Waals surface area (Å²) < 4.78 is 5.69. The molecule has 2 N–H and O–H groups in total. The highest BCUT2D eigenvalue weighted by Crippen LogP contribution is 2.36. The molecule has 1 fully saturated rings. The Bertz CT molecular complexity index is 845. The van der Waals surface area contributed by atoms with Crippen LogP contribution in [0.2, 0.25) is 0 Å². The van der Waals surface area contributed by atoms with Gasteiger partial charge in [-0.25, -0.2) is 0 Å². The van der Waals surface area contributed by atoms with Crippen LogP contribution in [-0.4, -0.2) is 41.3 Å². The first-order valence-corrected chi connectivity index (χ1v) is 9.36. The molecule has 0 bridgehead atoms. The van der Waals surface area contributed by atoms with Crippen molar-refractivity contribution in [3.63, 3.8) is 0 Å². The van der Waals surface area contributed by atoms with E-state index >= 15 is 0 Å². The second-order valence-corrected chi connectivity index (χ2v) is 7.21. The smallest absolute Gasteiger partial charge is 0.270 e. The molecule has 0 unspecified atom stereocenters. The summed E-state index contributed by atoms with van der Waals surface area (Å²) in [6, 6.07) is 8.00. The number of nitro benzene ring substituents is 1. The number of amides is 2. The lowest BCUT2D eigenvalue weighted by molar-refractivity contribution is -0.384. The van der Waals surface area contributed by atoms with E-state index in [2.05, 4.69) is 0 Å². The van der Waals surface area contributed by atoms with Crippen LogP contribution in [0.25, 0.3) is 10.4 Å². The molecule has 1 aliphatic rings. The Kier molecular flexibility index (Phi) is 5.70. The fourth-order valence-electron chi connectivity index (χ4n) is 3.03. The number of nitrogens with zero attached hydrogens (tertiary/aromatic N) is 2. The lowest BCUT2D eigenvalue weighted by Crippen LogP contribution is -2.43. The van der Waals surface area contributed by atoms with Crippen molar-refractivity contribution < 1.29 is 19.2 Å². The first-order valence-electron chi connectivity index (χ1n) is 8.48. The highest BCUT2D eigenvalue weighted by molar-refractivity contribution is 7.13. The van der Waals surface area contributed by atoms with Crippen LogP contribution < -0.4 is 10.5 Å². The summed E-state index contributed by atoms with van der Waals surface area (Å²) in [4.78, 5) is 36.7. The minimum atomic E-state index is -0.463. The molecule has 0 aliphatic carbocycles. The van der Waals surface area contributed by atoms with Crippen molar-refractivity contribution in [2.24, 2.45) is 11.7 Å². The van der Waals surface area contributed by atoms with E-state index in [0.717, 1.165) is 4.88 Å². The average molecular weight is 389 g/mol. The molecule has 0 radical (unpaired) electrons. The van der Waals surface area contributed by atoms with E-state index in [9.17, 15) is 19.7 Å². The third-order valence-electron chi connectivity index (χ3n) is 4.56. The largest absolute Gasteiger partial charge is 0.483 e. The predicted octanol–water partition coefficient (Wildman–Crippen LogP) is 2.43. The van der Waals surface area contributed by atoms with Crippen molar-refractivity contribution in [1.29, 1.82) is 0 Å². The molecule has 27 heavy (non-hydrogen) atoms. The standard InChI is InChI=1S/C18H19N3O5S/c19-18(23)12-5-7-20(8-6-12)17(22)11-26-15-4-3-13(21(24)25)10-14(15)16-2-1-9-27-16/h1-4,9-10,12H,5-8,11H2,(H2,19,23). The topological polar surface area (TPSA) is 116 Å². The van der Waals surface area contributed by atoms with Crippen molar-refractivity contribution in [3.8, 4) is 16.2 Å². The summed E-state index contributed by atoms with van der Waals surface area (Å²) >= 11 is 1.43. The number of nitrogens with two attached hydrogens (primary N) is 1. The van der Waals surface area contributed by atoms with Gasteiger partial charge in [-0.2, -0.15) is 0 Å². The lowest BCUT2D eigenvalue weighted by Gasteiger charge is -2.30. The monoisotopic (exact) mass is 389 g/mol. The highest BCUT2D eigenvalue weighted by atomic mass is 32.1. The average Bonchev–Trinajstić information content (AvgIpc) is 3.20. The molecule has 2 heterocycles. The van der Waals surface area contributed by atoms with Gasteiger partial charge in [-0.15, -0.1) is 11.3 Å². The number of benzene rings is 1. The summed E-state index contributed by atoms with van der Waals surface area (Å²) in [6.07, 6.45) is 1.11. The van der Waals surface area contributed by atoms with E-state index in [1.54, 1.807) is 4.90 Å². The molecule has 1 aliphatic heterocycles. The van der Waals surface area contributed by atoms with Gasteiger partial charge in [0.2, 0.25) is 5.91 Å². The number of hydrogen-bond donors (Lipinski definition) is 1. The molecule has 142 valence electrons. The number of primary amides is 1. The van der Waals surface area contributed by atoms with Crippen LogP contribution >= 0.6 is 11.3 Å². The van der Waals surface area contributed by atoms with E-state index in [1.807, 2.05) is 17.5 Å². The summed E-state index contributed by atoms with van der Waals surface area (Å²) in [7, 11) is 0. The molecule has 8 nitrogen and oxygen atoms in total. The summed E-state index contributed by atoms with van der Waals surface area (Å²) in [5.74, 6) is -0.281. The molecule has 0 spiro atoms. The van der Waals surface area contributed by atoms with Crippen LogP contribution in [0, 0.1) is 16.0 Å². The maximum atomic E-state index is 12.4. The molecular weight excluding hydrogens is 370 g/mol. The Balaban J connectivity index is 1.68. The van der Waals surface area contributed by atoms with E-state index in [-0.39, 0.29) is 30.0 Å². The molecule has 0 atom stereocenters. The zero-order valence-electron chi connectivity index (χ0n) is 14.5. The second kappa shape index (κ2) is 8.17. The van der Waals surface area contributed by atoms with Gasteiger partial charge < -0.3 is 15.4 Å². The van der Waals surface area contributed by atoms with Gasteiger partial charge >= 0.3 is 0 Å². The summed E-state index contributed by atoms with van der Waals surface area (Å²) in [5, 5.41) is 12.9. The molecule has 9 heteroatoms. The SMILES string of the molecule is NC(=O)C1CCN(C(=O)COc2ccc([N+](=O)[O-])cc2-c2cccs2)CC1. The predicted molar refractivity (Wildman–Crippen MR) is 100 cm³/mol. The first kappa shape index (κ1) is 18.8. The number of carbonyl (C=O) groups excluding carboxylic acids is 2. The van der Waals surface area contributed by atoms with Crippen LogP contribution in [0.3, 0.4) is 0 Å². The third kappa shape index (κ3) is 4.43. The summed E-state index contributed by atoms with van der Waals surface area (Å²) in [6.45, 7) is 0.763. The number of carbonyl (C=O) groups is 2. The molecule has 2 amide bonds. The second-order valence-electron chi connectivity index (χ2n) is 6.26. The van der Waals surface area contributed by atoms with Crippen molar-refractivity contribution >= 4 is 28.8 Å². The number of hydrogen-bond acceptors (Lipinski definition) is 6. The van der Waals surface area contributed by atoms with Crippen LogP contribution in [0.4, 0.5) is 5.69 Å². The minimum Gasteiger partial charge on any atom is -0.483 e. The fraction of sp³-hybridized carbons (Fsp3) is 0.333. The van der Waals surface area contributed by atoms with E-state index in [0.29, 0.717) is 37.2 Å². The number of ether oxygens (including phenoxy) is 1. The quantitative estimate of drug-likeness (QED) is 0.602. The van der Waals surface area contributed by atoms with Crippen molar-refractivity contribution in [3.05, 3.63) is 45.8 Å². The molecule has 1 aromatic heterocycles. The molecule has 0 saturated carbocycles. The molecular formula is C18H19N3O5S. The Morgan fingerprint density at radius 3 is 2.63 bits per heavy atom. The van der Waals surface area contributed by atoms with Gasteiger partial charge in [-0.05, 0) is 30.4 Å². The summed E-state index contributed by atoms with van der Waals surface area (Å²) in [5.41, 5.74) is 5.85. The van der Waals surface area contributed by atoms with Crippen molar-refractivity contribution in [1.82, 2.24) is 4.90 Å². The number of non-ortho nitro benzene ring substituents is 1. The Morgan fingerprint density at radius 2 is 2.04 bits per heavy atom. The first-order chi connectivity index (χ1) is 13.0. The zero-order valence-corrected chi connectivity index (χ0v) is 15.3. The van der Waals surface area contributed by atoms with Crippen LogP contribution in [0.5, 0.6) is 5.75 Å². The minimum absolute atomic E-state index is 0.0365. The highest BCUT2D eigenvalue weighted by Gasteiger charge is 2.26. The number of thiophene rings is 1. The Hall–Kier alpha value is -2.94. The number of rotatable bonds is 6. The van der Waals surface area contributed by atoms with Crippen LogP contribution in [0.1, 0.15) is 12.8 Å². The van der Waals surface area contributed by atoms with E-state index in [4.69, 9.17) is 10.5 Å². The molecule has 1 saturated heterocycles. The van der Waals surface area contributed by atoms with Crippen molar-refractivity contribution in [2.75, 3.05) is 19.7 Å². The fourth-order valence-corrected chi connectivity index (χ4v) is 3.77. The van der Waals surface area contributed by atoms with Gasteiger partial charge in [0.15, 0.2) is 6.61 Å². The lowest BCUT2D eigenvalue weighted by atomic mass is 9.96. The number of nitro groups is 1. The van der Waals surface area contributed by atoms with E-state index in [1.165, 1.54) is 29.5 Å². The maximum Gasteiger partial charge on any atom is 0.270 e. The van der Waals surface area contributed by atoms with Gasteiger partial charge in [-0.1, -0.05) is 6.07 Å². The Labute approximate surface area is 159 Å². The van der Waals surface area contributed by atoms with Gasteiger partial charge in [0.25, 0.3) is 11.6 Å². The number of piperidine rings is 1. The van der Waals surface area contributed by atoms with Gasteiger partial charge in [-0.3, -0.25) is 19.7 Å². The molecule has 3 rings (SSSR count).